The zero-order valence-electron chi connectivity index (χ0n) is 19.2. The molecule has 0 spiro atoms. The maximum absolute atomic E-state index is 12.9. The molecule has 9 heteroatoms. The number of nitrogens with one attached hydrogen (secondary N) is 1. The van der Waals surface area contributed by atoms with Gasteiger partial charge in [0.25, 0.3) is 17.1 Å². The van der Waals surface area contributed by atoms with Crippen LogP contribution in [0.15, 0.2) is 76.1 Å². The first-order valence-electron chi connectivity index (χ1n) is 10.9. The highest BCUT2D eigenvalue weighted by Crippen LogP contribution is 2.35. The third-order valence-electron chi connectivity index (χ3n) is 5.29. The average molecular weight is 562 g/mol. The Balaban J connectivity index is 1.40. The smallest absolute Gasteiger partial charge is 0.293 e. The molecular formula is C27H20BrN3O4S. The molecule has 36 heavy (non-hydrogen) atoms. The van der Waals surface area contributed by atoms with Gasteiger partial charge in [0, 0.05) is 5.69 Å². The molecule has 0 aromatic heterocycles. The molecule has 7 nitrogen and oxygen atoms in total. The third kappa shape index (κ3) is 6.03. The van der Waals surface area contributed by atoms with Crippen LogP contribution < -0.4 is 10.1 Å². The van der Waals surface area contributed by atoms with E-state index >= 15 is 0 Å². The highest BCUT2D eigenvalue weighted by atomic mass is 79.9. The maximum atomic E-state index is 12.9. The van der Waals surface area contributed by atoms with Crippen LogP contribution in [0, 0.1) is 18.3 Å². The molecule has 1 heterocycles. The third-order valence-corrected chi connectivity index (χ3v) is 6.81. The number of carbonyl (C=O) groups excluding carboxylic acids is 3. The van der Waals surface area contributed by atoms with E-state index in [1.165, 1.54) is 0 Å². The van der Waals surface area contributed by atoms with Crippen molar-refractivity contribution in [1.82, 2.24) is 4.90 Å². The van der Waals surface area contributed by atoms with E-state index in [-0.39, 0.29) is 24.0 Å². The molecule has 0 bridgehead atoms. The highest BCUT2D eigenvalue weighted by molar-refractivity contribution is 9.10. The van der Waals surface area contributed by atoms with Gasteiger partial charge in [-0.3, -0.25) is 19.3 Å². The average Bonchev–Trinajstić information content (AvgIpc) is 3.12. The number of carbonyl (C=O) groups is 3. The first-order chi connectivity index (χ1) is 17.3. The first-order valence-corrected chi connectivity index (χ1v) is 12.5. The van der Waals surface area contributed by atoms with Gasteiger partial charge >= 0.3 is 0 Å². The lowest BCUT2D eigenvalue weighted by atomic mass is 10.1. The van der Waals surface area contributed by atoms with Crippen LogP contribution in [0.2, 0.25) is 0 Å². The van der Waals surface area contributed by atoms with Gasteiger partial charge < -0.3 is 10.1 Å². The molecule has 180 valence electrons. The summed E-state index contributed by atoms with van der Waals surface area (Å²) in [5, 5.41) is 11.7. The number of halogens is 1. The Kier molecular flexibility index (Phi) is 7.88. The summed E-state index contributed by atoms with van der Waals surface area (Å²) < 4.78 is 6.22. The fraction of sp³-hybridized carbons (Fsp3) is 0.111. The number of nitrogens with zero attached hydrogens (tertiary/aromatic N) is 2. The highest BCUT2D eigenvalue weighted by Gasteiger charge is 2.35. The van der Waals surface area contributed by atoms with Crippen LogP contribution in [0.4, 0.5) is 10.5 Å². The predicted octanol–water partition coefficient (Wildman–Crippen LogP) is 5.88. The number of aryl methyl sites for hydroxylation is 1. The van der Waals surface area contributed by atoms with Crippen LogP contribution in [0.25, 0.3) is 6.08 Å². The molecule has 1 fully saturated rings. The number of nitriles is 1. The number of hydrogen-bond donors (Lipinski definition) is 1. The molecule has 4 rings (SSSR count). The monoisotopic (exact) mass is 561 g/mol. The number of imide groups is 1. The van der Waals surface area contributed by atoms with Crippen molar-refractivity contribution in [1.29, 1.82) is 5.26 Å². The Labute approximate surface area is 220 Å². The van der Waals surface area contributed by atoms with Gasteiger partial charge in [0.15, 0.2) is 6.61 Å². The predicted molar refractivity (Wildman–Crippen MR) is 142 cm³/mol. The van der Waals surface area contributed by atoms with Gasteiger partial charge in [0.1, 0.15) is 5.75 Å². The van der Waals surface area contributed by atoms with E-state index in [2.05, 4.69) is 27.3 Å². The minimum atomic E-state index is -0.415. The normalized spacial score (nSPS) is 14.1. The number of rotatable bonds is 7. The Morgan fingerprint density at radius 2 is 1.89 bits per heavy atom. The van der Waals surface area contributed by atoms with Gasteiger partial charge in [-0.15, -0.1) is 0 Å². The van der Waals surface area contributed by atoms with Crippen molar-refractivity contribution in [2.45, 2.75) is 13.5 Å². The van der Waals surface area contributed by atoms with Crippen LogP contribution in [0.3, 0.4) is 0 Å². The lowest BCUT2D eigenvalue weighted by Gasteiger charge is -2.13. The number of anilines is 1. The van der Waals surface area contributed by atoms with Gasteiger partial charge in [0.2, 0.25) is 0 Å². The van der Waals surface area contributed by atoms with Crippen molar-refractivity contribution in [2.24, 2.45) is 0 Å². The summed E-state index contributed by atoms with van der Waals surface area (Å²) in [7, 11) is 0. The summed E-state index contributed by atoms with van der Waals surface area (Å²) in [6, 6.07) is 21.6. The SMILES string of the molecule is Cc1ccc(NC(=O)COc2ccc(/C=C3/SC(=O)N(Cc4ccccc4C#N)C3=O)cc2Br)cc1. The lowest BCUT2D eigenvalue weighted by molar-refractivity contribution is -0.123. The zero-order valence-corrected chi connectivity index (χ0v) is 21.6. The van der Waals surface area contributed by atoms with Crippen LogP contribution >= 0.6 is 27.7 Å². The maximum Gasteiger partial charge on any atom is 0.293 e. The van der Waals surface area contributed by atoms with Crippen LogP contribution in [-0.2, 0) is 16.1 Å². The Hall–Kier alpha value is -3.87. The van der Waals surface area contributed by atoms with Crippen molar-refractivity contribution in [3.63, 3.8) is 0 Å². The zero-order chi connectivity index (χ0) is 25.7. The molecule has 3 aromatic rings. The van der Waals surface area contributed by atoms with Crippen molar-refractivity contribution >= 4 is 56.5 Å². The first kappa shape index (κ1) is 25.2. The number of benzene rings is 3. The molecule has 0 unspecified atom stereocenters. The summed E-state index contributed by atoms with van der Waals surface area (Å²) in [6.07, 6.45) is 1.62. The number of thioether (sulfide) groups is 1. The van der Waals surface area contributed by atoms with Gasteiger partial charge in [-0.1, -0.05) is 42.0 Å². The molecule has 3 aromatic carbocycles. The second kappa shape index (κ2) is 11.2. The molecule has 1 saturated heterocycles. The number of ether oxygens (including phenoxy) is 1. The fourth-order valence-electron chi connectivity index (χ4n) is 3.43. The molecule has 0 radical (unpaired) electrons. The van der Waals surface area contributed by atoms with E-state index in [9.17, 15) is 19.6 Å². The Bertz CT molecular complexity index is 1410. The molecule has 0 saturated carbocycles. The Morgan fingerprint density at radius 3 is 2.61 bits per heavy atom. The summed E-state index contributed by atoms with van der Waals surface area (Å²) >= 11 is 4.29. The Morgan fingerprint density at radius 1 is 1.14 bits per heavy atom. The molecular weight excluding hydrogens is 542 g/mol. The quantitative estimate of drug-likeness (QED) is 0.361. The molecule has 3 amide bonds. The van der Waals surface area contributed by atoms with Gasteiger partial charge in [-0.05, 0) is 82.2 Å². The van der Waals surface area contributed by atoms with Gasteiger partial charge in [-0.2, -0.15) is 5.26 Å². The van der Waals surface area contributed by atoms with Gasteiger partial charge in [-0.25, -0.2) is 0 Å². The minimum Gasteiger partial charge on any atom is -0.483 e. The molecule has 1 N–H and O–H groups in total. The summed E-state index contributed by atoms with van der Waals surface area (Å²) in [4.78, 5) is 39.0. The fourth-order valence-corrected chi connectivity index (χ4v) is 4.78. The van der Waals surface area contributed by atoms with E-state index in [0.29, 0.717) is 32.6 Å². The van der Waals surface area contributed by atoms with E-state index in [4.69, 9.17) is 4.74 Å². The van der Waals surface area contributed by atoms with E-state index in [0.717, 1.165) is 22.2 Å². The van der Waals surface area contributed by atoms with E-state index < -0.39 is 11.1 Å². The summed E-state index contributed by atoms with van der Waals surface area (Å²) in [6.45, 7) is 1.83. The largest absolute Gasteiger partial charge is 0.483 e. The topological polar surface area (TPSA) is 99.5 Å². The second-order valence-electron chi connectivity index (χ2n) is 7.93. The minimum absolute atomic E-state index is 0.0346. The van der Waals surface area contributed by atoms with E-state index in [1.54, 1.807) is 48.5 Å². The molecule has 1 aliphatic rings. The standard InChI is InChI=1S/C27H20BrN3O4S/c1-17-6-9-21(10-7-17)30-25(32)16-35-23-11-8-18(12-22(23)28)13-24-26(33)31(27(34)36-24)15-20-5-3-2-4-19(20)14-29/h2-13H,15-16H2,1H3,(H,30,32)/b24-13+. The van der Waals surface area contributed by atoms with Crippen molar-refractivity contribution in [2.75, 3.05) is 11.9 Å². The lowest BCUT2D eigenvalue weighted by Crippen LogP contribution is -2.27. The number of hydrogen-bond acceptors (Lipinski definition) is 6. The van der Waals surface area contributed by atoms with Crippen LogP contribution in [-0.4, -0.2) is 28.6 Å². The van der Waals surface area contributed by atoms with Crippen molar-refractivity contribution < 1.29 is 19.1 Å². The van der Waals surface area contributed by atoms with E-state index in [1.807, 2.05) is 31.2 Å². The summed E-state index contributed by atoms with van der Waals surface area (Å²) in [5.41, 5.74) is 3.50. The van der Waals surface area contributed by atoms with Crippen LogP contribution in [0.1, 0.15) is 22.3 Å². The molecule has 0 aliphatic carbocycles. The number of amides is 3. The van der Waals surface area contributed by atoms with Crippen LogP contribution in [0.5, 0.6) is 5.75 Å². The molecule has 1 aliphatic heterocycles. The van der Waals surface area contributed by atoms with Crippen molar-refractivity contribution in [3.05, 3.63) is 98.4 Å². The van der Waals surface area contributed by atoms with Gasteiger partial charge in [0.05, 0.1) is 27.6 Å². The van der Waals surface area contributed by atoms with Crippen molar-refractivity contribution in [3.8, 4) is 11.8 Å². The second-order valence-corrected chi connectivity index (χ2v) is 9.78. The summed E-state index contributed by atoms with van der Waals surface area (Å²) in [5.74, 6) is -0.240. The molecule has 0 atom stereocenters.